The third kappa shape index (κ3) is 6.35. The lowest BCUT2D eigenvalue weighted by atomic mass is 10.1. The van der Waals surface area contributed by atoms with Crippen molar-refractivity contribution in [2.24, 2.45) is 5.73 Å². The molecule has 0 bridgehead atoms. The summed E-state index contributed by atoms with van der Waals surface area (Å²) in [4.78, 5) is 0. The quantitative estimate of drug-likeness (QED) is 0.742. The second-order valence-corrected chi connectivity index (χ2v) is 3.23. The Balaban J connectivity index is 0.000000252. The molecule has 1 aromatic rings. The molecule has 1 aromatic carbocycles. The summed E-state index contributed by atoms with van der Waals surface area (Å²) in [5.41, 5.74) is 7.88. The molecular weight excluding hydrogens is 158 g/mol. The van der Waals surface area contributed by atoms with Crippen LogP contribution in [0.2, 0.25) is 0 Å². The zero-order valence-corrected chi connectivity index (χ0v) is 9.01. The van der Waals surface area contributed by atoms with Crippen molar-refractivity contribution in [3.05, 3.63) is 35.4 Å². The predicted molar refractivity (Wildman–Crippen MR) is 59.9 cm³/mol. The summed E-state index contributed by atoms with van der Waals surface area (Å²) in [5.74, 6) is 0. The predicted octanol–water partition coefficient (Wildman–Crippen LogP) is 3.05. The van der Waals surface area contributed by atoms with Gasteiger partial charge in [0.15, 0.2) is 0 Å². The fraction of sp³-hybridized carbons (Fsp3) is 0.500. The number of hydrogen-bond acceptors (Lipinski definition) is 1. The first-order valence-corrected chi connectivity index (χ1v) is 4.94. The summed E-state index contributed by atoms with van der Waals surface area (Å²) >= 11 is 0. The molecule has 0 fully saturated rings. The maximum Gasteiger partial charge on any atom is -0.00774 e. The topological polar surface area (TPSA) is 26.0 Å². The summed E-state index contributed by atoms with van der Waals surface area (Å²) in [7, 11) is 0. The highest BCUT2D eigenvalue weighted by molar-refractivity contribution is 5.23. The van der Waals surface area contributed by atoms with Crippen LogP contribution < -0.4 is 5.73 Å². The molecular formula is C12H21N. The number of hydrogen-bond donors (Lipinski definition) is 1. The molecule has 74 valence electrons. The van der Waals surface area contributed by atoms with Crippen LogP contribution in [0.5, 0.6) is 0 Å². The van der Waals surface area contributed by atoms with E-state index < -0.39 is 0 Å². The Morgan fingerprint density at radius 3 is 1.69 bits per heavy atom. The summed E-state index contributed by atoms with van der Waals surface area (Å²) in [6.07, 6.45) is 2.39. The van der Waals surface area contributed by atoms with Crippen LogP contribution in [0.4, 0.5) is 0 Å². The van der Waals surface area contributed by atoms with E-state index in [1.54, 1.807) is 0 Å². The van der Waals surface area contributed by atoms with Gasteiger partial charge in [0.2, 0.25) is 0 Å². The van der Waals surface area contributed by atoms with Gasteiger partial charge < -0.3 is 5.73 Å². The Kier molecular flexibility index (Phi) is 7.32. The largest absolute Gasteiger partial charge is 0.330 e. The van der Waals surface area contributed by atoms with Crippen LogP contribution in [0.25, 0.3) is 0 Å². The first kappa shape index (κ1) is 12.2. The number of nitrogens with two attached hydrogens (primary N) is 1. The second kappa shape index (κ2) is 7.81. The molecule has 0 aliphatic carbocycles. The van der Waals surface area contributed by atoms with Gasteiger partial charge in [0.05, 0.1) is 0 Å². The van der Waals surface area contributed by atoms with Gasteiger partial charge in [-0.3, -0.25) is 0 Å². The molecule has 0 aromatic heterocycles. The maximum absolute atomic E-state index is 5.14. The van der Waals surface area contributed by atoms with Crippen molar-refractivity contribution in [3.63, 3.8) is 0 Å². The third-order valence-corrected chi connectivity index (χ3v) is 1.98. The summed E-state index contributed by atoms with van der Waals surface area (Å²) in [6.45, 7) is 7.22. The number of aryl methyl sites for hydroxylation is 2. The van der Waals surface area contributed by atoms with Crippen LogP contribution in [0.1, 0.15) is 30.9 Å². The molecule has 0 unspecified atom stereocenters. The molecule has 13 heavy (non-hydrogen) atoms. The summed E-state index contributed by atoms with van der Waals surface area (Å²) in [6, 6.07) is 8.36. The van der Waals surface area contributed by atoms with Crippen LogP contribution in [0, 0.1) is 13.8 Å². The number of unbranched alkanes of at least 4 members (excludes halogenated alkanes) is 1. The van der Waals surface area contributed by atoms with Gasteiger partial charge in [0.25, 0.3) is 0 Å². The van der Waals surface area contributed by atoms with E-state index in [-0.39, 0.29) is 0 Å². The van der Waals surface area contributed by atoms with Crippen molar-refractivity contribution >= 4 is 0 Å². The number of benzene rings is 1. The molecule has 0 heterocycles. The van der Waals surface area contributed by atoms with Crippen LogP contribution in [-0.4, -0.2) is 6.54 Å². The summed E-state index contributed by atoms with van der Waals surface area (Å²) in [5, 5.41) is 0. The van der Waals surface area contributed by atoms with Gasteiger partial charge >= 0.3 is 0 Å². The zero-order chi connectivity index (χ0) is 10.1. The Bertz CT molecular complexity index is 195. The van der Waals surface area contributed by atoms with Crippen molar-refractivity contribution in [1.29, 1.82) is 0 Å². The first-order chi connectivity index (χ1) is 6.22. The Morgan fingerprint density at radius 1 is 1.08 bits per heavy atom. The average molecular weight is 179 g/mol. The van der Waals surface area contributed by atoms with E-state index in [2.05, 4.69) is 45.0 Å². The Labute approximate surface area is 82.0 Å². The average Bonchev–Trinajstić information content (AvgIpc) is 2.13. The smallest absolute Gasteiger partial charge is 0.00774 e. The van der Waals surface area contributed by atoms with Gasteiger partial charge in [-0.2, -0.15) is 0 Å². The minimum Gasteiger partial charge on any atom is -0.330 e. The van der Waals surface area contributed by atoms with Crippen LogP contribution in [-0.2, 0) is 0 Å². The Hall–Kier alpha value is -0.820. The van der Waals surface area contributed by atoms with Crippen LogP contribution >= 0.6 is 0 Å². The van der Waals surface area contributed by atoms with Crippen LogP contribution in [0.15, 0.2) is 24.3 Å². The molecule has 0 saturated carbocycles. The van der Waals surface area contributed by atoms with E-state index in [1.807, 2.05) is 0 Å². The number of rotatable bonds is 2. The third-order valence-electron chi connectivity index (χ3n) is 1.98. The maximum atomic E-state index is 5.14. The lowest BCUT2D eigenvalue weighted by Crippen LogP contribution is -1.95. The first-order valence-electron chi connectivity index (χ1n) is 4.94. The van der Waals surface area contributed by atoms with E-state index in [4.69, 9.17) is 5.73 Å². The van der Waals surface area contributed by atoms with Gasteiger partial charge in [0, 0.05) is 0 Å². The molecule has 2 N–H and O–H groups in total. The van der Waals surface area contributed by atoms with Crippen molar-refractivity contribution in [2.45, 2.75) is 33.6 Å². The molecule has 1 rings (SSSR count). The normalized spacial score (nSPS) is 8.92. The van der Waals surface area contributed by atoms with E-state index in [1.165, 1.54) is 24.0 Å². The molecule has 0 amide bonds. The summed E-state index contributed by atoms with van der Waals surface area (Å²) < 4.78 is 0. The van der Waals surface area contributed by atoms with Crippen molar-refractivity contribution in [1.82, 2.24) is 0 Å². The van der Waals surface area contributed by atoms with E-state index >= 15 is 0 Å². The molecule has 0 radical (unpaired) electrons. The van der Waals surface area contributed by atoms with Gasteiger partial charge in [-0.15, -0.1) is 0 Å². The van der Waals surface area contributed by atoms with Gasteiger partial charge in [-0.1, -0.05) is 37.6 Å². The fourth-order valence-electron chi connectivity index (χ4n) is 0.867. The van der Waals surface area contributed by atoms with E-state index in [0.29, 0.717) is 0 Å². The minimum atomic E-state index is 0.844. The SMILES string of the molecule is CCCCN.Cc1ccccc1C. The molecule has 0 aliphatic heterocycles. The highest BCUT2D eigenvalue weighted by atomic mass is 14.5. The molecule has 0 saturated heterocycles. The lowest BCUT2D eigenvalue weighted by molar-refractivity contribution is 0.807. The van der Waals surface area contributed by atoms with Crippen LogP contribution in [0.3, 0.4) is 0 Å². The van der Waals surface area contributed by atoms with Gasteiger partial charge in [-0.05, 0) is 37.9 Å². The standard InChI is InChI=1S/C8H10.C4H11N/c1-7-5-3-4-6-8(7)2;1-2-3-4-5/h3-6H,1-2H3;2-5H2,1H3. The fourth-order valence-corrected chi connectivity index (χ4v) is 0.867. The van der Waals surface area contributed by atoms with Gasteiger partial charge in [-0.25, -0.2) is 0 Å². The van der Waals surface area contributed by atoms with Crippen molar-refractivity contribution in [3.8, 4) is 0 Å². The molecule has 0 atom stereocenters. The monoisotopic (exact) mass is 179 g/mol. The molecule has 0 spiro atoms. The van der Waals surface area contributed by atoms with E-state index in [0.717, 1.165) is 6.54 Å². The second-order valence-electron chi connectivity index (χ2n) is 3.23. The van der Waals surface area contributed by atoms with Crippen molar-refractivity contribution in [2.75, 3.05) is 6.54 Å². The molecule has 1 heteroatoms. The van der Waals surface area contributed by atoms with E-state index in [9.17, 15) is 0 Å². The highest BCUT2D eigenvalue weighted by Crippen LogP contribution is 2.02. The van der Waals surface area contributed by atoms with Gasteiger partial charge in [0.1, 0.15) is 0 Å². The lowest BCUT2D eigenvalue weighted by Gasteiger charge is -1.93. The Morgan fingerprint density at radius 2 is 1.54 bits per heavy atom. The van der Waals surface area contributed by atoms with Crippen molar-refractivity contribution < 1.29 is 0 Å². The highest BCUT2D eigenvalue weighted by Gasteiger charge is 1.83. The molecule has 1 nitrogen and oxygen atoms in total. The minimum absolute atomic E-state index is 0.844. The zero-order valence-electron chi connectivity index (χ0n) is 9.01. The molecule has 0 aliphatic rings.